The van der Waals surface area contributed by atoms with Gasteiger partial charge in [0.25, 0.3) is 0 Å². The van der Waals surface area contributed by atoms with Crippen molar-refractivity contribution in [3.05, 3.63) is 71.0 Å². The Morgan fingerprint density at radius 3 is 2.67 bits per heavy atom. The van der Waals surface area contributed by atoms with Crippen LogP contribution in [0.25, 0.3) is 0 Å². The summed E-state index contributed by atoms with van der Waals surface area (Å²) in [4.78, 5) is 0. The molecule has 1 rings (SSSR count). The molecule has 0 heterocycles. The second kappa shape index (κ2) is 7.35. The predicted octanol–water partition coefficient (Wildman–Crippen LogP) is 2.31. The molecule has 1 aromatic carbocycles. The van der Waals surface area contributed by atoms with E-state index in [0.29, 0.717) is 12.2 Å². The van der Waals surface area contributed by atoms with Crippen LogP contribution in [0, 0.1) is 5.82 Å². The zero-order chi connectivity index (χ0) is 16.0. The molecule has 0 unspecified atom stereocenters. The van der Waals surface area contributed by atoms with Crippen molar-refractivity contribution in [3.63, 3.8) is 0 Å². The first-order valence-corrected chi connectivity index (χ1v) is 6.23. The number of hydrogen-bond acceptors (Lipinski definition) is 5. The Morgan fingerprint density at radius 2 is 2.14 bits per heavy atom. The van der Waals surface area contributed by atoms with Crippen LogP contribution in [-0.4, -0.2) is 10.8 Å². The molecule has 0 saturated heterocycles. The Balaban J connectivity index is 2.71. The van der Waals surface area contributed by atoms with Crippen LogP contribution in [0.4, 0.5) is 4.39 Å². The first kappa shape index (κ1) is 16.6. The van der Waals surface area contributed by atoms with Crippen LogP contribution in [0.15, 0.2) is 59.7 Å². The van der Waals surface area contributed by atoms with Gasteiger partial charge in [-0.3, -0.25) is 0 Å². The number of allylic oxidation sites excluding steroid dienone is 1. The molecule has 0 aliphatic heterocycles. The second-order valence-corrected chi connectivity index (χ2v) is 4.55. The van der Waals surface area contributed by atoms with Gasteiger partial charge in [-0.2, -0.15) is 5.10 Å². The van der Waals surface area contributed by atoms with Crippen molar-refractivity contribution in [3.8, 4) is 0 Å². The van der Waals surface area contributed by atoms with Gasteiger partial charge in [-0.15, -0.1) is 0 Å². The highest BCUT2D eigenvalue weighted by Gasteiger charge is 2.05. The highest BCUT2D eigenvalue weighted by atomic mass is 35.5. The van der Waals surface area contributed by atoms with Crippen LogP contribution >= 0.6 is 11.6 Å². The lowest BCUT2D eigenvalue weighted by atomic mass is 10.2. The molecule has 0 bridgehead atoms. The summed E-state index contributed by atoms with van der Waals surface area (Å²) in [6, 6.07) is 4.36. The first-order valence-electron chi connectivity index (χ1n) is 5.85. The fourth-order valence-corrected chi connectivity index (χ4v) is 1.59. The van der Waals surface area contributed by atoms with Crippen molar-refractivity contribution in [2.75, 3.05) is 0 Å². The molecule has 0 atom stereocenters. The highest BCUT2D eigenvalue weighted by molar-refractivity contribution is 6.30. The first-order chi connectivity index (χ1) is 9.85. The quantitative estimate of drug-likeness (QED) is 0.213. The summed E-state index contributed by atoms with van der Waals surface area (Å²) in [6.45, 7) is 7.38. The van der Waals surface area contributed by atoms with Crippen LogP contribution in [-0.2, 0) is 6.54 Å². The van der Waals surface area contributed by atoms with E-state index in [2.05, 4.69) is 23.6 Å². The van der Waals surface area contributed by atoms with E-state index < -0.39 is 5.82 Å². The number of hydrazone groups is 1. The molecule has 21 heavy (non-hydrogen) atoms. The summed E-state index contributed by atoms with van der Waals surface area (Å²) in [7, 11) is 0. The van der Waals surface area contributed by atoms with Crippen molar-refractivity contribution in [1.82, 2.24) is 5.32 Å². The third-order valence-electron chi connectivity index (χ3n) is 2.57. The molecule has 5 nitrogen and oxygen atoms in total. The molecular weight excluding hydrogens is 295 g/mol. The number of nitrogens with two attached hydrogens (primary N) is 2. The molecule has 0 fully saturated rings. The molecule has 6 N–H and O–H groups in total. The Bertz CT molecular complexity index is 625. The average Bonchev–Trinajstić information content (AvgIpc) is 2.44. The van der Waals surface area contributed by atoms with Gasteiger partial charge >= 0.3 is 0 Å². The third kappa shape index (κ3) is 4.85. The van der Waals surface area contributed by atoms with E-state index in [1.165, 1.54) is 18.2 Å². The average molecular weight is 311 g/mol. The Labute approximate surface area is 127 Å². The lowest BCUT2D eigenvalue weighted by molar-refractivity contribution is 0.446. The monoisotopic (exact) mass is 310 g/mol. The maximum Gasteiger partial charge on any atom is 0.141 e. The van der Waals surface area contributed by atoms with Gasteiger partial charge in [-0.05, 0) is 23.8 Å². The normalized spacial score (nSPS) is 12.1. The fraction of sp³-hybridized carbons (Fsp3) is 0.0714. The van der Waals surface area contributed by atoms with Gasteiger partial charge in [-0.25, -0.2) is 4.39 Å². The molecule has 7 heteroatoms. The Kier molecular flexibility index (Phi) is 5.80. The minimum absolute atomic E-state index is 0.0394. The van der Waals surface area contributed by atoms with Crippen LogP contribution in [0.5, 0.6) is 0 Å². The number of halogens is 2. The van der Waals surface area contributed by atoms with Crippen molar-refractivity contribution in [1.29, 1.82) is 0 Å². The van der Waals surface area contributed by atoms with E-state index >= 15 is 0 Å². The predicted molar refractivity (Wildman–Crippen MR) is 83.1 cm³/mol. The summed E-state index contributed by atoms with van der Waals surface area (Å²) in [5.41, 5.74) is 7.19. The van der Waals surface area contributed by atoms with Gasteiger partial charge in [0.1, 0.15) is 17.3 Å². The lowest BCUT2D eigenvalue weighted by Gasteiger charge is -2.11. The second-order valence-electron chi connectivity index (χ2n) is 4.14. The molecule has 0 saturated carbocycles. The number of nitrogens with one attached hydrogen (secondary N) is 1. The minimum Gasteiger partial charge on any atom is -0.506 e. The molecule has 0 amide bonds. The summed E-state index contributed by atoms with van der Waals surface area (Å²) >= 11 is 5.69. The molecule has 0 aliphatic rings. The summed E-state index contributed by atoms with van der Waals surface area (Å²) in [5, 5.41) is 15.5. The van der Waals surface area contributed by atoms with Gasteiger partial charge in [0.15, 0.2) is 0 Å². The maximum absolute atomic E-state index is 13.0. The summed E-state index contributed by atoms with van der Waals surface area (Å²) in [6.07, 6.45) is 1.33. The highest BCUT2D eigenvalue weighted by Crippen LogP contribution is 2.16. The van der Waals surface area contributed by atoms with E-state index in [4.69, 9.17) is 23.2 Å². The van der Waals surface area contributed by atoms with E-state index in [-0.39, 0.29) is 22.2 Å². The number of rotatable bonds is 6. The molecule has 112 valence electrons. The molecule has 0 aliphatic carbocycles. The third-order valence-corrected chi connectivity index (χ3v) is 2.85. The molecular formula is C14H16ClFN4O. The van der Waals surface area contributed by atoms with Gasteiger partial charge < -0.3 is 22.0 Å². The fourth-order valence-electron chi connectivity index (χ4n) is 1.39. The number of benzene rings is 1. The van der Waals surface area contributed by atoms with Gasteiger partial charge in [0.2, 0.25) is 0 Å². The lowest BCUT2D eigenvalue weighted by Crippen LogP contribution is -2.19. The zero-order valence-electron chi connectivity index (χ0n) is 11.2. The van der Waals surface area contributed by atoms with Crippen molar-refractivity contribution >= 4 is 17.3 Å². The van der Waals surface area contributed by atoms with E-state index in [1.54, 1.807) is 6.07 Å². The number of nitrogens with zero attached hydrogens (tertiary/aromatic N) is 1. The standard InChI is InChI=1S/C14H16ClFN4O/c1-8(13(17)6-14(20-18)9(2)21)19-7-10-3-4-12(16)11(15)5-10/h3-6,19,21H,1-2,7,17-18H2. The number of aliphatic hydroxyl groups is 1. The summed E-state index contributed by atoms with van der Waals surface area (Å²) < 4.78 is 13.0. The molecule has 0 spiro atoms. The maximum atomic E-state index is 13.0. The van der Waals surface area contributed by atoms with Crippen molar-refractivity contribution in [2.45, 2.75) is 6.54 Å². The van der Waals surface area contributed by atoms with E-state index in [9.17, 15) is 9.50 Å². The summed E-state index contributed by atoms with van der Waals surface area (Å²) in [5.74, 6) is 4.30. The van der Waals surface area contributed by atoms with Gasteiger partial charge in [0, 0.05) is 6.54 Å². The smallest absolute Gasteiger partial charge is 0.141 e. The van der Waals surface area contributed by atoms with Crippen molar-refractivity contribution < 1.29 is 9.50 Å². The largest absolute Gasteiger partial charge is 0.506 e. The minimum atomic E-state index is -0.482. The molecule has 0 aromatic heterocycles. The number of hydrogen-bond donors (Lipinski definition) is 4. The van der Waals surface area contributed by atoms with Crippen LogP contribution < -0.4 is 16.9 Å². The SMILES string of the molecule is C=C(O)C(C=C(N)C(=C)NCc1ccc(F)c(Cl)c1)=NN. The van der Waals surface area contributed by atoms with Crippen LogP contribution in [0.3, 0.4) is 0 Å². The van der Waals surface area contributed by atoms with Gasteiger partial charge in [-0.1, -0.05) is 30.8 Å². The van der Waals surface area contributed by atoms with Gasteiger partial charge in [0.05, 0.1) is 16.4 Å². The van der Waals surface area contributed by atoms with E-state index in [0.717, 1.165) is 5.56 Å². The van der Waals surface area contributed by atoms with Crippen molar-refractivity contribution in [2.24, 2.45) is 16.7 Å². The zero-order valence-corrected chi connectivity index (χ0v) is 12.0. The van der Waals surface area contributed by atoms with Crippen LogP contribution in [0.2, 0.25) is 5.02 Å². The molecule has 1 aromatic rings. The molecule has 0 radical (unpaired) electrons. The van der Waals surface area contributed by atoms with Crippen LogP contribution in [0.1, 0.15) is 5.56 Å². The number of aliphatic hydroxyl groups excluding tert-OH is 1. The van der Waals surface area contributed by atoms with E-state index in [1.807, 2.05) is 0 Å². The topological polar surface area (TPSA) is 96.7 Å². The Hall–Kier alpha value is -2.47. The Morgan fingerprint density at radius 1 is 1.48 bits per heavy atom.